The molecule has 2 heterocycles. The van der Waals surface area contributed by atoms with Crippen LogP contribution in [0.5, 0.6) is 11.5 Å². The number of allylic oxidation sites excluding steroid dienone is 6. The van der Waals surface area contributed by atoms with Gasteiger partial charge < -0.3 is 14.4 Å². The fraction of sp³-hybridized carbons (Fsp3) is 0.239. The second kappa shape index (κ2) is 15.1. The molecule has 0 unspecified atom stereocenters. The van der Waals surface area contributed by atoms with Gasteiger partial charge in [0.2, 0.25) is 5.52 Å². The van der Waals surface area contributed by atoms with Crippen LogP contribution in [0.4, 0.5) is 5.69 Å². The molecule has 1 aliphatic carbocycles. The van der Waals surface area contributed by atoms with E-state index < -0.39 is 0 Å². The van der Waals surface area contributed by atoms with Crippen LogP contribution in [0.2, 0.25) is 0 Å². The minimum absolute atomic E-state index is 0. The molecule has 0 amide bonds. The van der Waals surface area contributed by atoms with E-state index in [0.29, 0.717) is 6.61 Å². The molecule has 6 aromatic rings. The lowest BCUT2D eigenvalue weighted by molar-refractivity contribution is -0.669. The molecule has 0 saturated carbocycles. The van der Waals surface area contributed by atoms with Crippen molar-refractivity contribution in [2.75, 3.05) is 25.2 Å². The molecule has 0 atom stereocenters. The van der Waals surface area contributed by atoms with Crippen molar-refractivity contribution in [1.82, 2.24) is 0 Å². The predicted molar refractivity (Wildman–Crippen MR) is 224 cm³/mol. The zero-order valence-electron chi connectivity index (χ0n) is 29.7. The Balaban J connectivity index is 0.00000420. The number of rotatable bonds is 9. The number of nitrogens with zero attached hydrogens (tertiary/aromatic N) is 2. The van der Waals surface area contributed by atoms with Crippen molar-refractivity contribution in [3.8, 4) is 11.5 Å². The van der Waals surface area contributed by atoms with Crippen LogP contribution in [0.15, 0.2) is 142 Å². The van der Waals surface area contributed by atoms with Gasteiger partial charge in [-0.15, -0.1) is 0 Å². The van der Waals surface area contributed by atoms with Crippen LogP contribution < -0.4 is 18.9 Å². The van der Waals surface area contributed by atoms with Crippen molar-refractivity contribution in [2.45, 2.75) is 52.5 Å². The maximum Gasteiger partial charge on any atom is 0.262 e. The fourth-order valence-corrected chi connectivity index (χ4v) is 9.93. The maximum atomic E-state index is 6.29. The first-order chi connectivity index (χ1) is 24.9. The fourth-order valence-electron chi connectivity index (χ4n) is 7.46. The second-order valence-electron chi connectivity index (χ2n) is 14.1. The van der Waals surface area contributed by atoms with Crippen LogP contribution in [0.25, 0.3) is 37.8 Å². The predicted octanol–water partition coefficient (Wildman–Crippen LogP) is 12.4. The van der Waals surface area contributed by atoms with E-state index in [9.17, 15) is 0 Å². The number of benzene rings is 5. The van der Waals surface area contributed by atoms with Gasteiger partial charge >= 0.3 is 0 Å². The molecule has 52 heavy (non-hydrogen) atoms. The molecule has 0 spiro atoms. The minimum Gasteiger partial charge on any atom is -0.497 e. The van der Waals surface area contributed by atoms with Gasteiger partial charge in [-0.1, -0.05) is 123 Å². The van der Waals surface area contributed by atoms with Gasteiger partial charge in [0.25, 0.3) is 5.01 Å². The quantitative estimate of drug-likeness (QED) is 0.139. The van der Waals surface area contributed by atoms with Crippen LogP contribution in [-0.4, -0.2) is 20.3 Å². The zero-order chi connectivity index (χ0) is 35.0. The number of ether oxygens (including phenoxy) is 2. The molecular weight excluding hydrogens is 677 g/mol. The summed E-state index contributed by atoms with van der Waals surface area (Å²) in [7, 11) is 1.72. The third kappa shape index (κ3) is 7.28. The van der Waals surface area contributed by atoms with E-state index in [2.05, 4.69) is 152 Å². The Morgan fingerprint density at radius 1 is 0.865 bits per heavy atom. The van der Waals surface area contributed by atoms with E-state index in [1.807, 2.05) is 17.8 Å². The van der Waals surface area contributed by atoms with Gasteiger partial charge in [0.1, 0.15) is 22.8 Å². The van der Waals surface area contributed by atoms with Crippen LogP contribution in [-0.2, 0) is 6.54 Å². The highest BCUT2D eigenvalue weighted by atomic mass is 32.2. The first kappa shape index (κ1) is 35.6. The van der Waals surface area contributed by atoms with Gasteiger partial charge in [-0.3, -0.25) is 0 Å². The Bertz CT molecular complexity index is 2400. The summed E-state index contributed by atoms with van der Waals surface area (Å²) in [4.78, 5) is 3.84. The van der Waals surface area contributed by atoms with Gasteiger partial charge in [-0.05, 0) is 88.2 Å². The largest absolute Gasteiger partial charge is 0.497 e. The van der Waals surface area contributed by atoms with Crippen molar-refractivity contribution < 1.29 is 14.0 Å². The summed E-state index contributed by atoms with van der Waals surface area (Å²) in [6.07, 6.45) is 13.7. The Labute approximate surface area is 316 Å². The third-order valence-electron chi connectivity index (χ3n) is 9.78. The zero-order valence-corrected chi connectivity index (χ0v) is 31.3. The Kier molecular flexibility index (Phi) is 10.3. The monoisotopic (exact) mass is 723 g/mol. The molecule has 8 rings (SSSR count). The third-order valence-corrected chi connectivity index (χ3v) is 12.1. The van der Waals surface area contributed by atoms with Gasteiger partial charge in [-0.25, -0.2) is 0 Å². The molecule has 0 fully saturated rings. The van der Waals surface area contributed by atoms with Crippen LogP contribution in [0, 0.1) is 5.41 Å². The highest BCUT2D eigenvalue weighted by Gasteiger charge is 2.29. The van der Waals surface area contributed by atoms with Crippen molar-refractivity contribution in [2.24, 2.45) is 5.41 Å². The van der Waals surface area contributed by atoms with E-state index in [0.717, 1.165) is 37.4 Å². The summed E-state index contributed by atoms with van der Waals surface area (Å²) >= 11 is 3.70. The average molecular weight is 724 g/mol. The molecule has 0 saturated heterocycles. The normalized spacial score (nSPS) is 16.9. The highest BCUT2D eigenvalue weighted by Crippen LogP contribution is 2.50. The van der Waals surface area contributed by atoms with Crippen LogP contribution in [0.1, 0.15) is 46.0 Å². The molecule has 1 aliphatic heterocycles. The number of fused-ring (bicyclic) bond motifs is 5. The van der Waals surface area contributed by atoms with Crippen LogP contribution in [0.3, 0.4) is 0 Å². The number of methoxy groups -OCH3 is 1. The lowest BCUT2D eigenvalue weighted by atomic mass is 9.75. The summed E-state index contributed by atoms with van der Waals surface area (Å²) in [6.45, 7) is 9.29. The molecule has 1 aromatic heterocycles. The summed E-state index contributed by atoms with van der Waals surface area (Å²) in [6, 6.07) is 34.3. The first-order valence-corrected chi connectivity index (χ1v) is 19.4. The summed E-state index contributed by atoms with van der Waals surface area (Å²) in [5.74, 6) is 1.76. The van der Waals surface area contributed by atoms with Crippen molar-refractivity contribution in [3.63, 3.8) is 0 Å². The Morgan fingerprint density at radius 3 is 2.46 bits per heavy atom. The molecule has 5 aromatic carbocycles. The Morgan fingerprint density at radius 2 is 1.63 bits per heavy atom. The van der Waals surface area contributed by atoms with E-state index in [-0.39, 0.29) is 12.8 Å². The van der Waals surface area contributed by atoms with E-state index in [4.69, 9.17) is 9.47 Å². The topological polar surface area (TPSA) is 25.6 Å². The number of hydrogen-bond donors (Lipinski definition) is 0. The maximum absolute atomic E-state index is 6.29. The number of thioether (sulfide) groups is 1. The summed E-state index contributed by atoms with van der Waals surface area (Å²) in [5, 5.41) is 7.54. The molecular formula is C46H47N2O2S2+. The Hall–Kier alpha value is -4.78. The molecule has 4 nitrogen and oxygen atoms in total. The standard InChI is InChI=1S/C45H43N2O2S2.CH4/c1-5-46-40-21-18-34-13-8-9-15-38(34)44(40)51-43(46)26-32-25-31(29-45(2,3)30-32)11-10-16-42-47(39-22-20-36(48-4)28-41(39)50-42)23-24-49-37-19-17-33-12-6-7-14-35(33)27-37;/h6-22,25-28H,5,23-24,29-30H2,1-4H3;1H4/q+1;. The van der Waals surface area contributed by atoms with Crippen LogP contribution >= 0.6 is 23.1 Å². The first-order valence-electron chi connectivity index (χ1n) is 17.8. The smallest absolute Gasteiger partial charge is 0.262 e. The minimum atomic E-state index is 0. The number of aromatic nitrogens is 1. The number of anilines is 1. The second-order valence-corrected chi connectivity index (χ2v) is 16.2. The molecule has 0 radical (unpaired) electrons. The molecule has 0 N–H and O–H groups in total. The summed E-state index contributed by atoms with van der Waals surface area (Å²) < 4.78 is 15.4. The van der Waals surface area contributed by atoms with E-state index in [1.165, 1.54) is 63.5 Å². The molecule has 0 bridgehead atoms. The van der Waals surface area contributed by atoms with Crippen molar-refractivity contribution >= 4 is 66.6 Å². The van der Waals surface area contributed by atoms with Gasteiger partial charge in [0, 0.05) is 29.6 Å². The molecule has 2 aliphatic rings. The number of hydrogen-bond acceptors (Lipinski definition) is 5. The lowest BCUT2D eigenvalue weighted by Gasteiger charge is -2.31. The van der Waals surface area contributed by atoms with Gasteiger partial charge in [0.05, 0.1) is 17.8 Å². The lowest BCUT2D eigenvalue weighted by Crippen LogP contribution is -2.38. The van der Waals surface area contributed by atoms with Crippen molar-refractivity contribution in [1.29, 1.82) is 0 Å². The van der Waals surface area contributed by atoms with Gasteiger partial charge in [0.15, 0.2) is 6.54 Å². The van der Waals surface area contributed by atoms with Crippen molar-refractivity contribution in [3.05, 3.63) is 143 Å². The number of thiazole rings is 1. The van der Waals surface area contributed by atoms with E-state index in [1.54, 1.807) is 18.4 Å². The summed E-state index contributed by atoms with van der Waals surface area (Å²) in [5.41, 5.74) is 5.43. The van der Waals surface area contributed by atoms with Gasteiger partial charge in [-0.2, -0.15) is 4.57 Å². The van der Waals surface area contributed by atoms with E-state index >= 15 is 0 Å². The molecule has 264 valence electrons. The SMILES string of the molecule is C.CCN1C(=CC2=CC(=CC=Cc3sc4cc(OC)ccc4[n+]3CCOc3ccc4ccccc4c3)CC(C)(C)C2)Sc2c1ccc1ccccc21. The average Bonchev–Trinajstić information content (AvgIpc) is 3.67. The highest BCUT2D eigenvalue weighted by molar-refractivity contribution is 8.04. The molecule has 6 heteroatoms.